The lowest BCUT2D eigenvalue weighted by atomic mass is 10.2. The molecule has 1 aliphatic rings. The van der Waals surface area contributed by atoms with E-state index in [1.807, 2.05) is 23.1 Å². The Kier molecular flexibility index (Phi) is 7.49. The molecule has 0 saturated carbocycles. The molecular formula is C24H25FN6O3. The first kappa shape index (κ1) is 23.0. The molecule has 1 saturated heterocycles. The molecule has 0 spiro atoms. The fourth-order valence-electron chi connectivity index (χ4n) is 3.48. The predicted octanol–water partition coefficient (Wildman–Crippen LogP) is 3.27. The lowest BCUT2D eigenvalue weighted by Gasteiger charge is -2.35. The molecule has 3 aromatic rings. The molecule has 3 amide bonds. The minimum Gasteiger partial charge on any atom is -0.439 e. The van der Waals surface area contributed by atoms with E-state index in [9.17, 15) is 14.0 Å². The van der Waals surface area contributed by atoms with E-state index in [4.69, 9.17) is 4.74 Å². The zero-order chi connectivity index (χ0) is 23.8. The molecule has 1 aliphatic heterocycles. The predicted molar refractivity (Wildman–Crippen MR) is 125 cm³/mol. The maximum absolute atomic E-state index is 13.0. The Morgan fingerprint density at radius 1 is 0.971 bits per heavy atom. The Morgan fingerprint density at radius 2 is 1.76 bits per heavy atom. The van der Waals surface area contributed by atoms with Gasteiger partial charge in [0.1, 0.15) is 17.4 Å². The van der Waals surface area contributed by atoms with E-state index in [0.717, 1.165) is 18.9 Å². The summed E-state index contributed by atoms with van der Waals surface area (Å²) < 4.78 is 18.5. The van der Waals surface area contributed by atoms with Crippen molar-refractivity contribution in [2.45, 2.75) is 6.42 Å². The van der Waals surface area contributed by atoms with Crippen LogP contribution in [0, 0.1) is 5.82 Å². The summed E-state index contributed by atoms with van der Waals surface area (Å²) in [6.07, 6.45) is 3.43. The average molecular weight is 465 g/mol. The zero-order valence-electron chi connectivity index (χ0n) is 18.5. The van der Waals surface area contributed by atoms with Crippen molar-refractivity contribution < 1.29 is 18.7 Å². The van der Waals surface area contributed by atoms with Crippen molar-refractivity contribution in [2.24, 2.45) is 0 Å². The topological polar surface area (TPSA) is 99.7 Å². The quantitative estimate of drug-likeness (QED) is 0.557. The number of carbonyl (C=O) groups excluding carboxylic acids is 2. The molecule has 2 N–H and O–H groups in total. The molecule has 3 heterocycles. The molecule has 0 bridgehead atoms. The number of rotatable bonds is 7. The van der Waals surface area contributed by atoms with Crippen LogP contribution in [0.25, 0.3) is 0 Å². The number of hydrogen-bond acceptors (Lipinski definition) is 6. The van der Waals surface area contributed by atoms with Crippen LogP contribution in [0.2, 0.25) is 0 Å². The molecule has 2 aromatic heterocycles. The molecule has 1 aromatic carbocycles. The summed E-state index contributed by atoms with van der Waals surface area (Å²) in [5.41, 5.74) is 0.473. The van der Waals surface area contributed by atoms with Crippen molar-refractivity contribution in [3.05, 3.63) is 72.8 Å². The van der Waals surface area contributed by atoms with Gasteiger partial charge in [0.05, 0.1) is 11.9 Å². The summed E-state index contributed by atoms with van der Waals surface area (Å²) in [5, 5.41) is 5.34. The number of benzene rings is 1. The fourth-order valence-corrected chi connectivity index (χ4v) is 3.48. The van der Waals surface area contributed by atoms with Crippen LogP contribution in [0.4, 0.5) is 20.7 Å². The number of anilines is 2. The molecule has 4 rings (SSSR count). The van der Waals surface area contributed by atoms with Crippen molar-refractivity contribution in [1.82, 2.24) is 20.2 Å². The number of ether oxygens (including phenoxy) is 1. The van der Waals surface area contributed by atoms with Crippen LogP contribution < -0.4 is 20.3 Å². The Morgan fingerprint density at radius 3 is 2.44 bits per heavy atom. The van der Waals surface area contributed by atoms with Gasteiger partial charge in [0.25, 0.3) is 0 Å². The molecule has 1 fully saturated rings. The standard InChI is InChI=1S/C24H25FN6O3/c25-18-4-7-20(8-5-18)34-22-9-6-19(17-28-22)29-24(33)27-12-10-23(32)31-15-13-30(14-16-31)21-3-1-2-11-26-21/h1-9,11,17H,10,12-16H2,(H2,27,29,33). The maximum Gasteiger partial charge on any atom is 0.319 e. The SMILES string of the molecule is O=C(NCCC(=O)N1CCN(c2ccccn2)CC1)Nc1ccc(Oc2ccc(F)cc2)nc1. The average Bonchev–Trinajstić information content (AvgIpc) is 2.87. The van der Waals surface area contributed by atoms with Crippen LogP contribution in [0.15, 0.2) is 67.0 Å². The number of urea groups is 1. The number of carbonyl (C=O) groups is 2. The second-order valence-electron chi connectivity index (χ2n) is 7.63. The number of halogens is 1. The van der Waals surface area contributed by atoms with Gasteiger partial charge < -0.3 is 25.2 Å². The Labute approximate surface area is 196 Å². The lowest BCUT2D eigenvalue weighted by Crippen LogP contribution is -2.49. The molecular weight excluding hydrogens is 439 g/mol. The van der Waals surface area contributed by atoms with Gasteiger partial charge in [-0.25, -0.2) is 19.2 Å². The first-order chi connectivity index (χ1) is 16.6. The monoisotopic (exact) mass is 464 g/mol. The van der Waals surface area contributed by atoms with Gasteiger partial charge in [-0.05, 0) is 42.5 Å². The van der Waals surface area contributed by atoms with Gasteiger partial charge in [0, 0.05) is 51.4 Å². The zero-order valence-corrected chi connectivity index (χ0v) is 18.5. The van der Waals surface area contributed by atoms with E-state index < -0.39 is 6.03 Å². The van der Waals surface area contributed by atoms with Crippen LogP contribution in [-0.4, -0.2) is 59.5 Å². The van der Waals surface area contributed by atoms with Crippen molar-refractivity contribution in [3.8, 4) is 11.6 Å². The number of nitrogens with zero attached hydrogens (tertiary/aromatic N) is 4. The van der Waals surface area contributed by atoms with E-state index in [1.54, 1.807) is 18.3 Å². The Bertz CT molecular complexity index is 1090. The van der Waals surface area contributed by atoms with Gasteiger partial charge in [-0.15, -0.1) is 0 Å². The molecule has 0 atom stereocenters. The third-order valence-electron chi connectivity index (χ3n) is 5.26. The van der Waals surface area contributed by atoms with Crippen molar-refractivity contribution in [2.75, 3.05) is 42.9 Å². The Hall–Kier alpha value is -4.21. The highest BCUT2D eigenvalue weighted by Crippen LogP contribution is 2.20. The number of hydrogen-bond donors (Lipinski definition) is 2. The maximum atomic E-state index is 13.0. The molecule has 176 valence electrons. The summed E-state index contributed by atoms with van der Waals surface area (Å²) in [4.78, 5) is 37.0. The lowest BCUT2D eigenvalue weighted by molar-refractivity contribution is -0.131. The first-order valence-corrected chi connectivity index (χ1v) is 10.9. The van der Waals surface area contributed by atoms with Gasteiger partial charge in [0.15, 0.2) is 0 Å². The summed E-state index contributed by atoms with van der Waals surface area (Å²) in [5.74, 6) is 1.33. The third kappa shape index (κ3) is 6.41. The summed E-state index contributed by atoms with van der Waals surface area (Å²) in [7, 11) is 0. The van der Waals surface area contributed by atoms with Crippen molar-refractivity contribution >= 4 is 23.4 Å². The summed E-state index contributed by atoms with van der Waals surface area (Å²) in [6, 6.07) is 14.2. The van der Waals surface area contributed by atoms with E-state index in [1.165, 1.54) is 30.5 Å². The van der Waals surface area contributed by atoms with E-state index in [0.29, 0.717) is 30.4 Å². The first-order valence-electron chi connectivity index (χ1n) is 10.9. The minimum absolute atomic E-state index is 0.00457. The van der Waals surface area contributed by atoms with E-state index in [-0.39, 0.29) is 24.7 Å². The van der Waals surface area contributed by atoms with Crippen LogP contribution in [-0.2, 0) is 4.79 Å². The van der Waals surface area contributed by atoms with Gasteiger partial charge in [-0.2, -0.15) is 0 Å². The number of piperazine rings is 1. The largest absolute Gasteiger partial charge is 0.439 e. The molecule has 0 unspecified atom stereocenters. The highest BCUT2D eigenvalue weighted by atomic mass is 19.1. The van der Waals surface area contributed by atoms with Crippen molar-refractivity contribution in [1.29, 1.82) is 0 Å². The van der Waals surface area contributed by atoms with Gasteiger partial charge in [-0.1, -0.05) is 6.07 Å². The van der Waals surface area contributed by atoms with Gasteiger partial charge in [-0.3, -0.25) is 4.79 Å². The molecule has 34 heavy (non-hydrogen) atoms. The van der Waals surface area contributed by atoms with E-state index >= 15 is 0 Å². The van der Waals surface area contributed by atoms with Gasteiger partial charge in [0.2, 0.25) is 11.8 Å². The highest BCUT2D eigenvalue weighted by Gasteiger charge is 2.21. The second kappa shape index (κ2) is 11.1. The molecule has 0 radical (unpaired) electrons. The number of aromatic nitrogens is 2. The highest BCUT2D eigenvalue weighted by molar-refractivity contribution is 5.89. The van der Waals surface area contributed by atoms with Crippen molar-refractivity contribution in [3.63, 3.8) is 0 Å². The third-order valence-corrected chi connectivity index (χ3v) is 5.26. The number of pyridine rings is 2. The molecule has 10 heteroatoms. The summed E-state index contributed by atoms with van der Waals surface area (Å²) in [6.45, 7) is 2.93. The smallest absolute Gasteiger partial charge is 0.319 e. The van der Waals surface area contributed by atoms with Crippen LogP contribution >= 0.6 is 0 Å². The molecule has 9 nitrogen and oxygen atoms in total. The van der Waals surface area contributed by atoms with E-state index in [2.05, 4.69) is 25.5 Å². The molecule has 0 aliphatic carbocycles. The summed E-state index contributed by atoms with van der Waals surface area (Å²) >= 11 is 0. The van der Waals surface area contributed by atoms with Crippen LogP contribution in [0.5, 0.6) is 11.6 Å². The van der Waals surface area contributed by atoms with Crippen LogP contribution in [0.3, 0.4) is 0 Å². The number of amides is 3. The van der Waals surface area contributed by atoms with Crippen LogP contribution in [0.1, 0.15) is 6.42 Å². The fraction of sp³-hybridized carbons (Fsp3) is 0.250. The van der Waals surface area contributed by atoms with Gasteiger partial charge >= 0.3 is 6.03 Å². The number of nitrogens with one attached hydrogen (secondary N) is 2. The minimum atomic E-state index is -0.429. The second-order valence-corrected chi connectivity index (χ2v) is 7.63. The Balaban J connectivity index is 1.15. The normalized spacial score (nSPS) is 13.3.